The van der Waals surface area contributed by atoms with E-state index in [1.165, 1.54) is 30.4 Å². The van der Waals surface area contributed by atoms with Gasteiger partial charge in [-0.1, -0.05) is 30.7 Å². The van der Waals surface area contributed by atoms with Crippen molar-refractivity contribution in [1.29, 1.82) is 0 Å². The van der Waals surface area contributed by atoms with Gasteiger partial charge in [-0.25, -0.2) is 0 Å². The topological polar surface area (TPSA) is 41.1 Å². The number of carbonyl (C=O) groups excluding carboxylic acids is 1. The van der Waals surface area contributed by atoms with Crippen molar-refractivity contribution in [2.75, 3.05) is 6.54 Å². The van der Waals surface area contributed by atoms with E-state index in [2.05, 4.69) is 28.8 Å². The molecular weight excluding hydrogens is 224 g/mol. The number of amides is 1. The molecule has 0 unspecified atom stereocenters. The van der Waals surface area contributed by atoms with Gasteiger partial charge in [0.25, 0.3) is 0 Å². The van der Waals surface area contributed by atoms with Crippen LogP contribution < -0.4 is 10.6 Å². The Morgan fingerprint density at radius 3 is 2.78 bits per heavy atom. The molecule has 1 aromatic rings. The zero-order valence-electron chi connectivity index (χ0n) is 10.6. The van der Waals surface area contributed by atoms with E-state index in [-0.39, 0.29) is 11.9 Å². The summed E-state index contributed by atoms with van der Waals surface area (Å²) in [5, 5.41) is 6.41. The Kier molecular flexibility index (Phi) is 3.33. The predicted octanol–water partition coefficient (Wildman–Crippen LogP) is 1.62. The average molecular weight is 244 g/mol. The van der Waals surface area contributed by atoms with E-state index >= 15 is 0 Å². The highest BCUT2D eigenvalue weighted by atomic mass is 16.2. The van der Waals surface area contributed by atoms with Gasteiger partial charge in [0.05, 0.1) is 6.04 Å². The van der Waals surface area contributed by atoms with Crippen molar-refractivity contribution in [2.24, 2.45) is 5.92 Å². The van der Waals surface area contributed by atoms with Crippen molar-refractivity contribution in [3.05, 3.63) is 35.4 Å². The fourth-order valence-corrected chi connectivity index (χ4v) is 2.70. The third kappa shape index (κ3) is 2.41. The van der Waals surface area contributed by atoms with Crippen molar-refractivity contribution in [1.82, 2.24) is 10.6 Å². The Hall–Kier alpha value is -1.35. The lowest BCUT2D eigenvalue weighted by Crippen LogP contribution is -2.48. The van der Waals surface area contributed by atoms with Crippen LogP contribution in [0.15, 0.2) is 24.3 Å². The average Bonchev–Trinajstić information content (AvgIpc) is 2.36. The minimum absolute atomic E-state index is 0.0556. The molecule has 1 atom stereocenters. The smallest absolute Gasteiger partial charge is 0.237 e. The van der Waals surface area contributed by atoms with Crippen molar-refractivity contribution in [3.63, 3.8) is 0 Å². The van der Waals surface area contributed by atoms with Crippen LogP contribution in [0.25, 0.3) is 0 Å². The van der Waals surface area contributed by atoms with Gasteiger partial charge in [-0.15, -0.1) is 0 Å². The van der Waals surface area contributed by atoms with Gasteiger partial charge in [0.2, 0.25) is 5.91 Å². The molecule has 1 saturated carbocycles. The Bertz CT molecular complexity index is 440. The first-order valence-corrected chi connectivity index (χ1v) is 6.91. The maximum atomic E-state index is 12.1. The van der Waals surface area contributed by atoms with Crippen LogP contribution in [0.5, 0.6) is 0 Å². The normalized spacial score (nSPS) is 23.0. The Labute approximate surface area is 108 Å². The van der Waals surface area contributed by atoms with E-state index in [1.807, 2.05) is 6.07 Å². The summed E-state index contributed by atoms with van der Waals surface area (Å²) in [5.41, 5.74) is 2.63. The molecule has 1 aliphatic heterocycles. The summed E-state index contributed by atoms with van der Waals surface area (Å²) in [7, 11) is 0. The summed E-state index contributed by atoms with van der Waals surface area (Å²) in [4.78, 5) is 12.1. The van der Waals surface area contributed by atoms with Crippen LogP contribution >= 0.6 is 0 Å². The van der Waals surface area contributed by atoms with Gasteiger partial charge in [-0.2, -0.15) is 0 Å². The molecule has 3 nitrogen and oxygen atoms in total. The standard InChI is InChI=1S/C15H20N2O/c18-15(17-9-11-4-3-5-11)14-8-12-6-1-2-7-13(12)10-16-14/h1-2,6-7,11,14,16H,3-5,8-10H2,(H,17,18)/t14-/m0/s1. The summed E-state index contributed by atoms with van der Waals surface area (Å²) in [6.07, 6.45) is 4.70. The maximum absolute atomic E-state index is 12.1. The highest BCUT2D eigenvalue weighted by Gasteiger charge is 2.25. The Morgan fingerprint density at radius 2 is 2.06 bits per heavy atom. The molecule has 2 aliphatic rings. The number of fused-ring (bicyclic) bond motifs is 1. The number of hydrogen-bond donors (Lipinski definition) is 2. The molecule has 1 amide bonds. The van der Waals surface area contributed by atoms with Gasteiger partial charge in [-0.05, 0) is 36.3 Å². The first kappa shape index (κ1) is 11.7. The van der Waals surface area contributed by atoms with E-state index in [0.717, 1.165) is 25.4 Å². The first-order valence-electron chi connectivity index (χ1n) is 6.91. The molecule has 96 valence electrons. The number of nitrogens with one attached hydrogen (secondary N) is 2. The Morgan fingerprint density at radius 1 is 1.28 bits per heavy atom. The van der Waals surface area contributed by atoms with Crippen molar-refractivity contribution in [2.45, 2.75) is 38.3 Å². The summed E-state index contributed by atoms with van der Waals surface area (Å²) < 4.78 is 0. The second kappa shape index (κ2) is 5.11. The summed E-state index contributed by atoms with van der Waals surface area (Å²) in [6.45, 7) is 1.66. The van der Waals surface area contributed by atoms with E-state index < -0.39 is 0 Å². The molecule has 0 bridgehead atoms. The fourth-order valence-electron chi connectivity index (χ4n) is 2.70. The molecule has 3 rings (SSSR count). The number of rotatable bonds is 3. The van der Waals surface area contributed by atoms with E-state index in [0.29, 0.717) is 0 Å². The van der Waals surface area contributed by atoms with Gasteiger partial charge in [0, 0.05) is 13.1 Å². The predicted molar refractivity (Wildman–Crippen MR) is 71.1 cm³/mol. The zero-order valence-corrected chi connectivity index (χ0v) is 10.6. The van der Waals surface area contributed by atoms with Crippen LogP contribution in [0, 0.1) is 5.92 Å². The third-order valence-electron chi connectivity index (χ3n) is 4.19. The fraction of sp³-hybridized carbons (Fsp3) is 0.533. The second-order valence-corrected chi connectivity index (χ2v) is 5.45. The van der Waals surface area contributed by atoms with Crippen LogP contribution in [-0.4, -0.2) is 18.5 Å². The van der Waals surface area contributed by atoms with Crippen LogP contribution in [0.4, 0.5) is 0 Å². The third-order valence-corrected chi connectivity index (χ3v) is 4.19. The molecule has 18 heavy (non-hydrogen) atoms. The van der Waals surface area contributed by atoms with Crippen molar-refractivity contribution < 1.29 is 4.79 Å². The minimum Gasteiger partial charge on any atom is -0.354 e. The van der Waals surface area contributed by atoms with E-state index in [9.17, 15) is 4.79 Å². The Balaban J connectivity index is 1.56. The van der Waals surface area contributed by atoms with Gasteiger partial charge in [-0.3, -0.25) is 4.79 Å². The molecule has 0 spiro atoms. The van der Waals surface area contributed by atoms with E-state index in [4.69, 9.17) is 0 Å². The SMILES string of the molecule is O=C(NCC1CCC1)[C@@H]1Cc2ccccc2CN1. The number of carbonyl (C=O) groups is 1. The summed E-state index contributed by atoms with van der Waals surface area (Å²) >= 11 is 0. The molecule has 2 N–H and O–H groups in total. The van der Waals surface area contributed by atoms with Gasteiger partial charge in [0.1, 0.15) is 0 Å². The van der Waals surface area contributed by atoms with Crippen LogP contribution in [0.3, 0.4) is 0 Å². The molecular formula is C15H20N2O. The quantitative estimate of drug-likeness (QED) is 0.848. The number of hydrogen-bond acceptors (Lipinski definition) is 2. The molecule has 1 fully saturated rings. The summed E-state index contributed by atoms with van der Waals surface area (Å²) in [5.74, 6) is 0.890. The number of benzene rings is 1. The maximum Gasteiger partial charge on any atom is 0.237 e. The molecule has 0 aromatic heterocycles. The zero-order chi connectivity index (χ0) is 12.4. The van der Waals surface area contributed by atoms with E-state index in [1.54, 1.807) is 0 Å². The van der Waals surface area contributed by atoms with Crippen LogP contribution in [0.2, 0.25) is 0 Å². The molecule has 1 aliphatic carbocycles. The second-order valence-electron chi connectivity index (χ2n) is 5.45. The molecule has 0 radical (unpaired) electrons. The molecule has 1 aromatic carbocycles. The van der Waals surface area contributed by atoms with Crippen LogP contribution in [-0.2, 0) is 17.8 Å². The minimum atomic E-state index is -0.0556. The summed E-state index contributed by atoms with van der Waals surface area (Å²) in [6, 6.07) is 8.30. The largest absolute Gasteiger partial charge is 0.354 e. The highest BCUT2D eigenvalue weighted by Crippen LogP contribution is 2.25. The van der Waals surface area contributed by atoms with Gasteiger partial charge >= 0.3 is 0 Å². The first-order chi connectivity index (χ1) is 8.83. The monoisotopic (exact) mass is 244 g/mol. The van der Waals surface area contributed by atoms with Gasteiger partial charge < -0.3 is 10.6 Å². The highest BCUT2D eigenvalue weighted by molar-refractivity contribution is 5.82. The van der Waals surface area contributed by atoms with Crippen LogP contribution in [0.1, 0.15) is 30.4 Å². The van der Waals surface area contributed by atoms with Gasteiger partial charge in [0.15, 0.2) is 0 Å². The lowest BCUT2D eigenvalue weighted by atomic mass is 9.85. The van der Waals surface area contributed by atoms with Crippen molar-refractivity contribution in [3.8, 4) is 0 Å². The lowest BCUT2D eigenvalue weighted by Gasteiger charge is -2.28. The van der Waals surface area contributed by atoms with Crippen molar-refractivity contribution >= 4 is 5.91 Å². The molecule has 3 heteroatoms. The lowest BCUT2D eigenvalue weighted by molar-refractivity contribution is -0.123. The molecule has 0 saturated heterocycles. The molecule has 1 heterocycles.